The molecule has 0 fully saturated rings. The standard InChI is InChI=1S/C10H11BrN2O3/c11-8-9(14)5(4-12)3-6-7(13-15)1-2-16-10(6)8/h3,14-15H,1-2,4,12H2/b13-7+. The second kappa shape index (κ2) is 4.31. The molecule has 16 heavy (non-hydrogen) atoms. The molecule has 0 radical (unpaired) electrons. The summed E-state index contributed by atoms with van der Waals surface area (Å²) in [5.41, 5.74) is 7.30. The smallest absolute Gasteiger partial charge is 0.146 e. The van der Waals surface area contributed by atoms with E-state index >= 15 is 0 Å². The van der Waals surface area contributed by atoms with Gasteiger partial charge in [-0.05, 0) is 22.0 Å². The van der Waals surface area contributed by atoms with Crippen molar-refractivity contribution in [3.63, 3.8) is 0 Å². The lowest BCUT2D eigenvalue weighted by Crippen LogP contribution is -2.17. The van der Waals surface area contributed by atoms with E-state index in [-0.39, 0.29) is 12.3 Å². The molecule has 0 atom stereocenters. The summed E-state index contributed by atoms with van der Waals surface area (Å²) in [4.78, 5) is 0. The molecule has 0 bridgehead atoms. The van der Waals surface area contributed by atoms with E-state index in [1.807, 2.05) is 0 Å². The highest BCUT2D eigenvalue weighted by molar-refractivity contribution is 9.10. The number of phenols is 1. The number of nitrogens with two attached hydrogens (primary N) is 1. The van der Waals surface area contributed by atoms with Crippen LogP contribution in [0.25, 0.3) is 0 Å². The number of fused-ring (bicyclic) bond motifs is 1. The van der Waals surface area contributed by atoms with Crippen molar-refractivity contribution in [1.29, 1.82) is 0 Å². The van der Waals surface area contributed by atoms with Gasteiger partial charge < -0.3 is 20.8 Å². The predicted molar refractivity (Wildman–Crippen MR) is 62.1 cm³/mol. The van der Waals surface area contributed by atoms with Gasteiger partial charge in [-0.3, -0.25) is 0 Å². The molecule has 0 aromatic heterocycles. The molecule has 1 aromatic rings. The molecule has 5 nitrogen and oxygen atoms in total. The Morgan fingerprint density at radius 2 is 2.31 bits per heavy atom. The topological polar surface area (TPSA) is 88.1 Å². The Morgan fingerprint density at radius 1 is 1.56 bits per heavy atom. The van der Waals surface area contributed by atoms with Gasteiger partial charge in [-0.1, -0.05) is 5.16 Å². The van der Waals surface area contributed by atoms with Crippen molar-refractivity contribution in [3.8, 4) is 11.5 Å². The van der Waals surface area contributed by atoms with E-state index in [1.54, 1.807) is 6.07 Å². The van der Waals surface area contributed by atoms with Gasteiger partial charge in [0.2, 0.25) is 0 Å². The van der Waals surface area contributed by atoms with Gasteiger partial charge in [0.1, 0.15) is 16.0 Å². The van der Waals surface area contributed by atoms with E-state index in [0.717, 1.165) is 0 Å². The molecule has 1 aromatic carbocycles. The van der Waals surface area contributed by atoms with Crippen molar-refractivity contribution in [3.05, 3.63) is 21.7 Å². The summed E-state index contributed by atoms with van der Waals surface area (Å²) in [7, 11) is 0. The number of ether oxygens (including phenoxy) is 1. The summed E-state index contributed by atoms with van der Waals surface area (Å²) in [5, 5.41) is 21.9. The Bertz CT molecular complexity index is 460. The largest absolute Gasteiger partial charge is 0.506 e. The fourth-order valence-corrected chi connectivity index (χ4v) is 2.26. The van der Waals surface area contributed by atoms with Crippen LogP contribution in [-0.4, -0.2) is 22.6 Å². The molecular weight excluding hydrogens is 276 g/mol. The third-order valence-corrected chi connectivity index (χ3v) is 3.25. The summed E-state index contributed by atoms with van der Waals surface area (Å²) < 4.78 is 5.88. The van der Waals surface area contributed by atoms with Crippen molar-refractivity contribution in [2.45, 2.75) is 13.0 Å². The van der Waals surface area contributed by atoms with Crippen LogP contribution < -0.4 is 10.5 Å². The molecule has 0 spiro atoms. The Balaban J connectivity index is 2.67. The van der Waals surface area contributed by atoms with E-state index in [9.17, 15) is 5.11 Å². The third kappa shape index (κ3) is 1.64. The van der Waals surface area contributed by atoms with Crippen LogP contribution in [0.2, 0.25) is 0 Å². The molecule has 1 aliphatic heterocycles. The molecule has 1 heterocycles. The highest BCUT2D eigenvalue weighted by Crippen LogP contribution is 2.41. The lowest BCUT2D eigenvalue weighted by Gasteiger charge is -2.21. The molecule has 0 unspecified atom stereocenters. The maximum absolute atomic E-state index is 9.80. The maximum atomic E-state index is 9.80. The van der Waals surface area contributed by atoms with Crippen LogP contribution >= 0.6 is 15.9 Å². The van der Waals surface area contributed by atoms with Gasteiger partial charge in [0.05, 0.1) is 12.3 Å². The van der Waals surface area contributed by atoms with Crippen LogP contribution in [-0.2, 0) is 6.54 Å². The summed E-state index contributed by atoms with van der Waals surface area (Å²) in [5.74, 6) is 0.564. The number of phenolic OH excluding ortho intramolecular Hbond substituents is 1. The number of oxime groups is 1. The minimum atomic E-state index is 0.0699. The second-order valence-corrected chi connectivity index (χ2v) is 4.22. The Hall–Kier alpha value is -1.27. The number of hydrogen-bond donors (Lipinski definition) is 3. The Labute approximate surface area is 101 Å². The number of rotatable bonds is 1. The van der Waals surface area contributed by atoms with Gasteiger partial charge in [0.15, 0.2) is 0 Å². The Morgan fingerprint density at radius 3 is 2.94 bits per heavy atom. The zero-order valence-corrected chi connectivity index (χ0v) is 9.99. The first kappa shape index (κ1) is 11.2. The fraction of sp³-hybridized carbons (Fsp3) is 0.300. The SMILES string of the molecule is NCc1cc2c(c(Br)c1O)OCC/C2=N\O. The number of nitrogens with zero attached hydrogens (tertiary/aromatic N) is 1. The quantitative estimate of drug-likeness (QED) is 0.540. The minimum absolute atomic E-state index is 0.0699. The highest BCUT2D eigenvalue weighted by atomic mass is 79.9. The van der Waals surface area contributed by atoms with Crippen LogP contribution in [0, 0.1) is 0 Å². The van der Waals surface area contributed by atoms with Crippen LogP contribution in [0.5, 0.6) is 11.5 Å². The van der Waals surface area contributed by atoms with Crippen molar-refractivity contribution in [2.75, 3.05) is 6.61 Å². The van der Waals surface area contributed by atoms with Gasteiger partial charge in [0, 0.05) is 24.1 Å². The summed E-state index contributed by atoms with van der Waals surface area (Å²) in [6.07, 6.45) is 0.532. The molecular formula is C10H11BrN2O3. The lowest BCUT2D eigenvalue weighted by molar-refractivity contribution is 0.295. The number of halogens is 1. The maximum Gasteiger partial charge on any atom is 0.146 e. The van der Waals surface area contributed by atoms with Gasteiger partial charge >= 0.3 is 0 Å². The Kier molecular flexibility index (Phi) is 3.02. The second-order valence-electron chi connectivity index (χ2n) is 3.42. The lowest BCUT2D eigenvalue weighted by atomic mass is 10.0. The highest BCUT2D eigenvalue weighted by Gasteiger charge is 2.23. The molecule has 0 amide bonds. The summed E-state index contributed by atoms with van der Waals surface area (Å²) in [6, 6.07) is 1.68. The molecule has 0 aliphatic carbocycles. The average molecular weight is 287 g/mol. The van der Waals surface area contributed by atoms with Crippen molar-refractivity contribution >= 4 is 21.6 Å². The molecule has 1 aliphatic rings. The predicted octanol–water partition coefficient (Wildman–Crippen LogP) is 1.57. The van der Waals surface area contributed by atoms with E-state index < -0.39 is 0 Å². The summed E-state index contributed by atoms with van der Waals surface area (Å²) in [6.45, 7) is 0.628. The van der Waals surface area contributed by atoms with Crippen LogP contribution in [0.3, 0.4) is 0 Å². The molecule has 86 valence electrons. The van der Waals surface area contributed by atoms with E-state index in [4.69, 9.17) is 15.7 Å². The van der Waals surface area contributed by atoms with Crippen LogP contribution in [0.15, 0.2) is 15.7 Å². The van der Waals surface area contributed by atoms with Gasteiger partial charge in [0.25, 0.3) is 0 Å². The zero-order valence-electron chi connectivity index (χ0n) is 8.40. The first-order chi connectivity index (χ1) is 7.69. The summed E-state index contributed by atoms with van der Waals surface area (Å²) >= 11 is 3.25. The molecule has 6 heteroatoms. The number of hydrogen-bond acceptors (Lipinski definition) is 5. The van der Waals surface area contributed by atoms with Crippen molar-refractivity contribution in [2.24, 2.45) is 10.9 Å². The number of benzene rings is 1. The zero-order chi connectivity index (χ0) is 11.7. The van der Waals surface area contributed by atoms with Gasteiger partial charge in [-0.25, -0.2) is 0 Å². The van der Waals surface area contributed by atoms with Crippen LogP contribution in [0.4, 0.5) is 0 Å². The van der Waals surface area contributed by atoms with E-state index in [0.29, 0.717) is 40.1 Å². The number of aromatic hydroxyl groups is 1. The van der Waals surface area contributed by atoms with E-state index in [2.05, 4.69) is 21.1 Å². The fourth-order valence-electron chi connectivity index (χ4n) is 1.67. The first-order valence-corrected chi connectivity index (χ1v) is 5.56. The minimum Gasteiger partial charge on any atom is -0.506 e. The third-order valence-electron chi connectivity index (χ3n) is 2.51. The van der Waals surface area contributed by atoms with Crippen molar-refractivity contribution < 1.29 is 15.1 Å². The van der Waals surface area contributed by atoms with Gasteiger partial charge in [-0.15, -0.1) is 0 Å². The molecule has 0 saturated heterocycles. The molecule has 2 rings (SSSR count). The molecule has 0 saturated carbocycles. The van der Waals surface area contributed by atoms with Crippen LogP contribution in [0.1, 0.15) is 17.5 Å². The monoisotopic (exact) mass is 286 g/mol. The average Bonchev–Trinajstić information content (AvgIpc) is 2.33. The van der Waals surface area contributed by atoms with E-state index in [1.165, 1.54) is 0 Å². The normalized spacial score (nSPS) is 17.0. The van der Waals surface area contributed by atoms with Crippen molar-refractivity contribution in [1.82, 2.24) is 0 Å². The van der Waals surface area contributed by atoms with Gasteiger partial charge in [-0.2, -0.15) is 0 Å². The first-order valence-electron chi connectivity index (χ1n) is 4.77. The molecule has 4 N–H and O–H groups in total.